The first-order valence-corrected chi connectivity index (χ1v) is 7.03. The number of aryl methyl sites for hydroxylation is 1. The minimum atomic E-state index is -4.54. The van der Waals surface area contributed by atoms with Gasteiger partial charge in [0.1, 0.15) is 5.69 Å². The molecule has 0 N–H and O–H groups in total. The van der Waals surface area contributed by atoms with Gasteiger partial charge in [-0.2, -0.15) is 18.3 Å². The topological polar surface area (TPSA) is 47.3 Å². The lowest BCUT2D eigenvalue weighted by Gasteiger charge is -2.09. The molecular weight excluding hydrogens is 345 g/mol. The van der Waals surface area contributed by atoms with Gasteiger partial charge in [-0.3, -0.25) is 4.79 Å². The molecule has 0 fully saturated rings. The van der Waals surface area contributed by atoms with Crippen molar-refractivity contribution < 1.29 is 26.7 Å². The van der Waals surface area contributed by atoms with Crippen LogP contribution in [0, 0.1) is 6.92 Å². The van der Waals surface area contributed by atoms with Crippen molar-refractivity contribution in [2.75, 3.05) is 0 Å². The lowest BCUT2D eigenvalue weighted by molar-refractivity contribution is -0.137. The van der Waals surface area contributed by atoms with Crippen LogP contribution in [0.5, 0.6) is 0 Å². The number of fused-ring (bicyclic) bond motifs is 1. The van der Waals surface area contributed by atoms with Gasteiger partial charge in [-0.05, 0) is 24.6 Å². The number of aldehydes is 1. The summed E-state index contributed by atoms with van der Waals surface area (Å²) < 4.78 is 66.2. The molecule has 3 rings (SSSR count). The zero-order valence-electron chi connectivity index (χ0n) is 12.7. The Balaban J connectivity index is 2.30. The first kappa shape index (κ1) is 17.0. The van der Waals surface area contributed by atoms with Crippen molar-refractivity contribution in [1.82, 2.24) is 14.6 Å². The second kappa shape index (κ2) is 5.91. The fourth-order valence-electron chi connectivity index (χ4n) is 2.62. The minimum Gasteiger partial charge on any atom is -0.298 e. The summed E-state index contributed by atoms with van der Waals surface area (Å²) in [4.78, 5) is 14.9. The Morgan fingerprint density at radius 3 is 2.56 bits per heavy atom. The van der Waals surface area contributed by atoms with Gasteiger partial charge in [-0.1, -0.05) is 12.1 Å². The van der Waals surface area contributed by atoms with Crippen LogP contribution in [0.4, 0.5) is 22.0 Å². The third kappa shape index (κ3) is 2.86. The zero-order valence-corrected chi connectivity index (χ0v) is 12.7. The smallest absolute Gasteiger partial charge is 0.298 e. The molecule has 2 heterocycles. The Kier molecular flexibility index (Phi) is 4.02. The van der Waals surface area contributed by atoms with Crippen LogP contribution < -0.4 is 0 Å². The number of rotatable bonds is 3. The number of alkyl halides is 5. The van der Waals surface area contributed by atoms with Crippen molar-refractivity contribution in [1.29, 1.82) is 0 Å². The van der Waals surface area contributed by atoms with Gasteiger partial charge in [0.05, 0.1) is 16.8 Å². The molecule has 25 heavy (non-hydrogen) atoms. The van der Waals surface area contributed by atoms with Crippen molar-refractivity contribution in [2.24, 2.45) is 0 Å². The van der Waals surface area contributed by atoms with Crippen molar-refractivity contribution >= 4 is 11.9 Å². The molecule has 0 bridgehead atoms. The minimum absolute atomic E-state index is 0.0438. The first-order chi connectivity index (χ1) is 11.7. The summed E-state index contributed by atoms with van der Waals surface area (Å²) in [5, 5.41) is 3.95. The molecule has 0 aliphatic heterocycles. The Morgan fingerprint density at radius 2 is 1.96 bits per heavy atom. The number of hydrogen-bond acceptors (Lipinski definition) is 3. The summed E-state index contributed by atoms with van der Waals surface area (Å²) in [5.41, 5.74) is -1.34. The van der Waals surface area contributed by atoms with Gasteiger partial charge in [0.25, 0.3) is 6.43 Å². The molecule has 130 valence electrons. The highest BCUT2D eigenvalue weighted by molar-refractivity contribution is 5.83. The third-order valence-electron chi connectivity index (χ3n) is 3.70. The molecule has 0 unspecified atom stereocenters. The van der Waals surface area contributed by atoms with Gasteiger partial charge in [-0.25, -0.2) is 18.3 Å². The SMILES string of the molecule is Cc1nn2c(C(F)F)c(C=O)cnc2c1-c1cccc(C(F)(F)F)c1. The maximum Gasteiger partial charge on any atom is 0.416 e. The second-order valence-electron chi connectivity index (χ2n) is 5.29. The van der Waals surface area contributed by atoms with Gasteiger partial charge >= 0.3 is 6.18 Å². The Bertz CT molecular complexity index is 962. The Hall–Kier alpha value is -2.84. The van der Waals surface area contributed by atoms with Crippen molar-refractivity contribution in [2.45, 2.75) is 19.5 Å². The van der Waals surface area contributed by atoms with E-state index in [0.29, 0.717) is 0 Å². The molecule has 9 heteroatoms. The average molecular weight is 355 g/mol. The van der Waals surface area contributed by atoms with Crippen molar-refractivity contribution in [3.05, 3.63) is 53.0 Å². The van der Waals surface area contributed by atoms with Crippen LogP contribution in [-0.4, -0.2) is 20.9 Å². The number of carbonyl (C=O) groups is 1. The molecule has 0 aliphatic carbocycles. The van der Waals surface area contributed by atoms with Crippen LogP contribution >= 0.6 is 0 Å². The lowest BCUT2D eigenvalue weighted by Crippen LogP contribution is -2.06. The summed E-state index contributed by atoms with van der Waals surface area (Å²) in [7, 11) is 0. The van der Waals surface area contributed by atoms with Crippen LogP contribution in [0.25, 0.3) is 16.8 Å². The van der Waals surface area contributed by atoms with Crippen LogP contribution in [0.15, 0.2) is 30.5 Å². The third-order valence-corrected chi connectivity index (χ3v) is 3.70. The number of benzene rings is 1. The largest absolute Gasteiger partial charge is 0.416 e. The normalized spacial score (nSPS) is 12.1. The van der Waals surface area contributed by atoms with Gasteiger partial charge < -0.3 is 0 Å². The van der Waals surface area contributed by atoms with Gasteiger partial charge in [0.15, 0.2) is 11.9 Å². The number of hydrogen-bond donors (Lipinski definition) is 0. The highest BCUT2D eigenvalue weighted by Crippen LogP contribution is 2.35. The summed E-state index contributed by atoms with van der Waals surface area (Å²) in [6.45, 7) is 1.47. The molecule has 0 atom stereocenters. The molecule has 0 spiro atoms. The van der Waals surface area contributed by atoms with Crippen LogP contribution in [0.1, 0.15) is 33.7 Å². The molecular formula is C16H10F5N3O. The van der Waals surface area contributed by atoms with E-state index in [9.17, 15) is 26.7 Å². The second-order valence-corrected chi connectivity index (χ2v) is 5.29. The van der Waals surface area contributed by atoms with E-state index < -0.39 is 23.9 Å². The maximum atomic E-state index is 13.3. The number of aromatic nitrogens is 3. The van der Waals surface area contributed by atoms with Gasteiger partial charge in [0.2, 0.25) is 0 Å². The quantitative estimate of drug-likeness (QED) is 0.514. The van der Waals surface area contributed by atoms with Crippen molar-refractivity contribution in [3.63, 3.8) is 0 Å². The number of halogens is 5. The van der Waals surface area contributed by atoms with E-state index in [1.807, 2.05) is 0 Å². The monoisotopic (exact) mass is 355 g/mol. The Morgan fingerprint density at radius 1 is 1.24 bits per heavy atom. The van der Waals surface area contributed by atoms with Crippen LogP contribution in [0.3, 0.4) is 0 Å². The molecule has 0 saturated carbocycles. The van der Waals surface area contributed by atoms with Crippen LogP contribution in [-0.2, 0) is 6.18 Å². The fraction of sp³-hybridized carbons (Fsp3) is 0.188. The van der Waals surface area contributed by atoms with Crippen LogP contribution in [0.2, 0.25) is 0 Å². The molecule has 0 amide bonds. The Labute approximate surface area is 137 Å². The molecule has 1 aromatic carbocycles. The van der Waals surface area contributed by atoms with E-state index >= 15 is 0 Å². The van der Waals surface area contributed by atoms with Gasteiger partial charge in [0, 0.05) is 11.8 Å². The zero-order chi connectivity index (χ0) is 18.4. The molecule has 0 radical (unpaired) electrons. The van der Waals surface area contributed by atoms with E-state index in [2.05, 4.69) is 10.1 Å². The van der Waals surface area contributed by atoms with E-state index in [4.69, 9.17) is 0 Å². The summed E-state index contributed by atoms with van der Waals surface area (Å²) in [5.74, 6) is 0. The summed E-state index contributed by atoms with van der Waals surface area (Å²) in [6.07, 6.45) is -6.35. The standard InChI is InChI=1S/C16H10F5N3O/c1-8-12(9-3-2-4-11(5-9)16(19,20)21)15-22-6-10(7-25)13(14(17)18)24(15)23-8/h2-7,14H,1H3. The van der Waals surface area contributed by atoms with Gasteiger partial charge in [-0.15, -0.1) is 0 Å². The first-order valence-electron chi connectivity index (χ1n) is 7.03. The molecule has 0 saturated heterocycles. The van der Waals surface area contributed by atoms with E-state index in [0.717, 1.165) is 22.8 Å². The lowest BCUT2D eigenvalue weighted by atomic mass is 10.0. The number of nitrogens with zero attached hydrogens (tertiary/aromatic N) is 3. The average Bonchev–Trinajstić information content (AvgIpc) is 2.88. The van der Waals surface area contributed by atoms with E-state index in [1.165, 1.54) is 19.1 Å². The number of carbonyl (C=O) groups excluding carboxylic acids is 1. The van der Waals surface area contributed by atoms with Crippen molar-refractivity contribution in [3.8, 4) is 11.1 Å². The molecule has 3 aromatic rings. The maximum absolute atomic E-state index is 13.3. The highest BCUT2D eigenvalue weighted by atomic mass is 19.4. The van der Waals surface area contributed by atoms with E-state index in [-0.39, 0.29) is 34.3 Å². The predicted octanol–water partition coefficient (Wildman–Crippen LogP) is 4.47. The predicted molar refractivity (Wildman–Crippen MR) is 78.5 cm³/mol. The molecule has 0 aliphatic rings. The summed E-state index contributed by atoms with van der Waals surface area (Å²) >= 11 is 0. The molecule has 2 aromatic heterocycles. The van der Waals surface area contributed by atoms with E-state index in [1.54, 1.807) is 0 Å². The highest BCUT2D eigenvalue weighted by Gasteiger charge is 2.31. The molecule has 4 nitrogen and oxygen atoms in total. The fourth-order valence-corrected chi connectivity index (χ4v) is 2.62. The summed E-state index contributed by atoms with van der Waals surface area (Å²) in [6, 6.07) is 4.44.